The van der Waals surface area contributed by atoms with Gasteiger partial charge in [0.15, 0.2) is 0 Å². The SMILES string of the molecule is CCN(CC)c1ccc2cc(-c3ccc(C#Cc4ccc(C(=O)O)c(-c5c6ccc(=[N+](CC)CC)cc-6oc6cc(N(CC)CC)ccc56)c4)cc3)c(=O)oc2c1. The molecule has 0 saturated heterocycles. The lowest BCUT2D eigenvalue weighted by molar-refractivity contribution is 0.0697. The van der Waals surface area contributed by atoms with E-state index >= 15 is 0 Å². The standard InChI is InChI=1S/C49H47N3O5/c1-7-50(8-2)36-21-20-35-28-42(49(55)57-44(35)29-36)34-18-15-32(16-19-34)13-14-33-17-24-39(48(53)54)43(27-33)47-40-25-22-37(51(9-3)10-4)30-45(40)56-46-31-38(23-26-41(46)47)52(11-5)12-6/h15-31H,7-12H2,1-6H3/p+1. The number of carboxylic acids is 1. The predicted octanol–water partition coefficient (Wildman–Crippen LogP) is 9.58. The Morgan fingerprint density at radius 2 is 1.26 bits per heavy atom. The largest absolute Gasteiger partial charge is 0.478 e. The Hall–Kier alpha value is -6.59. The number of fused-ring (bicyclic) bond motifs is 3. The lowest BCUT2D eigenvalue weighted by Gasteiger charge is -2.22. The molecule has 0 unspecified atom stereocenters. The number of hydrogen-bond acceptors (Lipinski definition) is 6. The van der Waals surface area contributed by atoms with Crippen molar-refractivity contribution in [2.45, 2.75) is 41.5 Å². The lowest BCUT2D eigenvalue weighted by atomic mass is 9.89. The van der Waals surface area contributed by atoms with Gasteiger partial charge in [-0.25, -0.2) is 14.2 Å². The molecular weight excluding hydrogens is 711 g/mol. The molecular formula is C49H48N3O5+. The zero-order valence-electron chi connectivity index (χ0n) is 33.5. The van der Waals surface area contributed by atoms with Crippen molar-refractivity contribution in [3.05, 3.63) is 136 Å². The summed E-state index contributed by atoms with van der Waals surface area (Å²) >= 11 is 0. The van der Waals surface area contributed by atoms with Crippen LogP contribution in [-0.2, 0) is 0 Å². The van der Waals surface area contributed by atoms with Gasteiger partial charge in [0.2, 0.25) is 5.36 Å². The summed E-state index contributed by atoms with van der Waals surface area (Å²) < 4.78 is 14.7. The summed E-state index contributed by atoms with van der Waals surface area (Å²) in [7, 11) is 0. The van der Waals surface area contributed by atoms with Crippen LogP contribution < -0.4 is 25.4 Å². The first-order valence-corrected chi connectivity index (χ1v) is 19.9. The van der Waals surface area contributed by atoms with E-state index in [1.165, 1.54) is 0 Å². The summed E-state index contributed by atoms with van der Waals surface area (Å²) in [6, 6.07) is 32.9. The van der Waals surface area contributed by atoms with Crippen molar-refractivity contribution in [3.8, 4) is 45.4 Å². The summed E-state index contributed by atoms with van der Waals surface area (Å²) in [6.45, 7) is 17.8. The number of nitrogens with zero attached hydrogens (tertiary/aromatic N) is 3. The monoisotopic (exact) mass is 758 g/mol. The molecule has 0 bridgehead atoms. The van der Waals surface area contributed by atoms with E-state index in [9.17, 15) is 14.7 Å². The molecule has 288 valence electrons. The third-order valence-corrected chi connectivity index (χ3v) is 10.9. The highest BCUT2D eigenvalue weighted by molar-refractivity contribution is 6.08. The number of benzene rings is 5. The molecule has 0 radical (unpaired) electrons. The molecule has 57 heavy (non-hydrogen) atoms. The van der Waals surface area contributed by atoms with Crippen LogP contribution in [0.3, 0.4) is 0 Å². The van der Waals surface area contributed by atoms with Gasteiger partial charge < -0.3 is 23.7 Å². The van der Waals surface area contributed by atoms with Gasteiger partial charge >= 0.3 is 11.6 Å². The van der Waals surface area contributed by atoms with Gasteiger partial charge in [0.05, 0.1) is 17.2 Å². The maximum Gasteiger partial charge on any atom is 0.344 e. The smallest absolute Gasteiger partial charge is 0.344 e. The van der Waals surface area contributed by atoms with Gasteiger partial charge in [0, 0.05) is 88.8 Å². The van der Waals surface area contributed by atoms with Crippen molar-refractivity contribution in [2.75, 3.05) is 49.1 Å². The topological polar surface area (TPSA) is 90.1 Å². The molecule has 1 aromatic heterocycles. The average molecular weight is 759 g/mol. The predicted molar refractivity (Wildman–Crippen MR) is 233 cm³/mol. The minimum absolute atomic E-state index is 0.179. The number of anilines is 2. The normalized spacial score (nSPS) is 11.1. The minimum atomic E-state index is -1.02. The Labute approximate surface area is 333 Å². The molecule has 0 fully saturated rings. The van der Waals surface area contributed by atoms with Gasteiger partial charge in [0.25, 0.3) is 0 Å². The molecule has 5 aromatic rings. The first-order chi connectivity index (χ1) is 27.7. The maximum atomic E-state index is 13.1. The fourth-order valence-corrected chi connectivity index (χ4v) is 7.71. The molecule has 0 amide bonds. The Morgan fingerprint density at radius 1 is 0.632 bits per heavy atom. The third kappa shape index (κ3) is 7.66. The van der Waals surface area contributed by atoms with Crippen LogP contribution in [0, 0.1) is 11.8 Å². The number of carboxylic acid groups (broad SMARTS) is 1. The van der Waals surface area contributed by atoms with Gasteiger partial charge in [-0.3, -0.25) is 0 Å². The first kappa shape index (κ1) is 38.7. The molecule has 1 N–H and O–H groups in total. The number of hydrogen-bond donors (Lipinski definition) is 1. The van der Waals surface area contributed by atoms with E-state index in [-0.39, 0.29) is 5.56 Å². The number of rotatable bonds is 11. The molecule has 0 saturated carbocycles. The highest BCUT2D eigenvalue weighted by Gasteiger charge is 2.23. The van der Waals surface area contributed by atoms with Crippen molar-refractivity contribution >= 4 is 39.3 Å². The quantitative estimate of drug-likeness (QED) is 0.0609. The summed E-state index contributed by atoms with van der Waals surface area (Å²) in [5.74, 6) is 6.17. The van der Waals surface area contributed by atoms with E-state index in [4.69, 9.17) is 8.83 Å². The van der Waals surface area contributed by atoms with E-state index in [1.54, 1.807) is 12.1 Å². The molecule has 8 nitrogen and oxygen atoms in total. The van der Waals surface area contributed by atoms with Crippen molar-refractivity contribution < 1.29 is 18.7 Å². The van der Waals surface area contributed by atoms with Crippen LogP contribution in [0.4, 0.5) is 11.4 Å². The second kappa shape index (κ2) is 16.6. The van der Waals surface area contributed by atoms with Gasteiger partial charge in [-0.15, -0.1) is 0 Å². The van der Waals surface area contributed by atoms with Gasteiger partial charge in [-0.05, 0) is 119 Å². The summed E-state index contributed by atoms with van der Waals surface area (Å²) in [4.78, 5) is 30.4. The molecule has 1 aliphatic heterocycles. The van der Waals surface area contributed by atoms with Gasteiger partial charge in [-0.1, -0.05) is 24.0 Å². The van der Waals surface area contributed by atoms with Crippen LogP contribution in [0.25, 0.3) is 55.5 Å². The van der Waals surface area contributed by atoms with Gasteiger partial charge in [-0.2, -0.15) is 0 Å². The summed E-state index contributed by atoms with van der Waals surface area (Å²) in [6.07, 6.45) is 0. The Kier molecular flexibility index (Phi) is 11.3. The molecule has 8 heteroatoms. The highest BCUT2D eigenvalue weighted by atomic mass is 16.4. The number of carbonyl (C=O) groups is 1. The van der Waals surface area contributed by atoms with E-state index < -0.39 is 11.6 Å². The Balaban J connectivity index is 1.30. The van der Waals surface area contributed by atoms with Crippen LogP contribution in [0.2, 0.25) is 0 Å². The Morgan fingerprint density at radius 3 is 1.91 bits per heavy atom. The second-order valence-electron chi connectivity index (χ2n) is 13.9. The van der Waals surface area contributed by atoms with Crippen molar-refractivity contribution in [3.63, 3.8) is 0 Å². The van der Waals surface area contributed by atoms with Crippen molar-refractivity contribution in [1.82, 2.24) is 4.58 Å². The first-order valence-electron chi connectivity index (χ1n) is 19.9. The molecule has 0 atom stereocenters. The minimum Gasteiger partial charge on any atom is -0.478 e. The fourth-order valence-electron chi connectivity index (χ4n) is 7.71. The molecule has 2 heterocycles. The van der Waals surface area contributed by atoms with Crippen molar-refractivity contribution in [1.29, 1.82) is 0 Å². The zero-order chi connectivity index (χ0) is 40.2. The van der Waals surface area contributed by atoms with Crippen LogP contribution in [-0.4, -0.2) is 50.3 Å². The second-order valence-corrected chi connectivity index (χ2v) is 13.9. The molecule has 7 rings (SSSR count). The highest BCUT2D eigenvalue weighted by Crippen LogP contribution is 2.42. The maximum absolute atomic E-state index is 13.1. The van der Waals surface area contributed by atoms with E-state index in [2.05, 4.69) is 86.0 Å². The van der Waals surface area contributed by atoms with Crippen LogP contribution in [0.5, 0.6) is 0 Å². The summed E-state index contributed by atoms with van der Waals surface area (Å²) in [5.41, 5.74) is 7.87. The molecule has 0 spiro atoms. The summed E-state index contributed by atoms with van der Waals surface area (Å²) in [5, 5.41) is 13.2. The number of aromatic carboxylic acids is 1. The molecule has 4 aromatic carbocycles. The average Bonchev–Trinajstić information content (AvgIpc) is 3.23. The molecule has 2 aliphatic rings. The van der Waals surface area contributed by atoms with E-state index in [1.807, 2.05) is 72.8 Å². The van der Waals surface area contributed by atoms with E-state index in [0.29, 0.717) is 33.6 Å². The third-order valence-electron chi connectivity index (χ3n) is 10.9. The van der Waals surface area contributed by atoms with Gasteiger partial charge in [0.1, 0.15) is 30.0 Å². The van der Waals surface area contributed by atoms with E-state index in [0.717, 1.165) is 89.0 Å². The van der Waals surface area contributed by atoms with Crippen LogP contribution in [0.15, 0.2) is 117 Å². The van der Waals surface area contributed by atoms with Crippen LogP contribution >= 0.6 is 0 Å². The fraction of sp³-hybridized carbons (Fsp3) is 0.245. The zero-order valence-corrected chi connectivity index (χ0v) is 33.5. The Bertz CT molecular complexity index is 2770. The molecule has 1 aliphatic carbocycles. The van der Waals surface area contributed by atoms with Crippen molar-refractivity contribution in [2.24, 2.45) is 0 Å². The van der Waals surface area contributed by atoms with Crippen LogP contribution in [0.1, 0.15) is 63.0 Å². The lowest BCUT2D eigenvalue weighted by Crippen LogP contribution is -2.29.